The van der Waals surface area contributed by atoms with Gasteiger partial charge in [-0.25, -0.2) is 0 Å². The zero-order chi connectivity index (χ0) is 26.2. The smallest absolute Gasteiger partial charge is 0.267 e. The molecule has 0 unspecified atom stereocenters. The normalized spacial score (nSPS) is 12.6. The number of fused-ring (bicyclic) bond motifs is 2. The molecule has 0 bridgehead atoms. The molecule has 1 amide bonds. The fourth-order valence-electron chi connectivity index (χ4n) is 5.00. The van der Waals surface area contributed by atoms with Crippen molar-refractivity contribution in [3.05, 3.63) is 103 Å². The van der Waals surface area contributed by atoms with Crippen LogP contribution >= 0.6 is 11.3 Å². The van der Waals surface area contributed by atoms with Crippen LogP contribution in [0.4, 0.5) is 28.4 Å². The van der Waals surface area contributed by atoms with Gasteiger partial charge in [0.25, 0.3) is 16.8 Å². The van der Waals surface area contributed by atoms with Gasteiger partial charge >= 0.3 is 0 Å². The quantitative estimate of drug-likeness (QED) is 0.249. The summed E-state index contributed by atoms with van der Waals surface area (Å²) in [5, 5.41) is 12.4. The van der Waals surface area contributed by atoms with Crippen LogP contribution < -0.4 is 31.7 Å². The Morgan fingerprint density at radius 2 is 1.92 bits per heavy atom. The van der Waals surface area contributed by atoms with Gasteiger partial charge in [-0.15, -0.1) is 11.3 Å². The van der Waals surface area contributed by atoms with Crippen LogP contribution in [0.2, 0.25) is 0 Å². The summed E-state index contributed by atoms with van der Waals surface area (Å²) in [5.41, 5.74) is 5.32. The van der Waals surface area contributed by atoms with Crippen molar-refractivity contribution in [1.82, 2.24) is 4.98 Å². The van der Waals surface area contributed by atoms with Gasteiger partial charge in [-0.1, -0.05) is 18.2 Å². The highest BCUT2D eigenvalue weighted by molar-refractivity contribution is 7.12. The van der Waals surface area contributed by atoms with E-state index in [0.717, 1.165) is 39.8 Å². The Morgan fingerprint density at radius 1 is 1.05 bits per heavy atom. The van der Waals surface area contributed by atoms with E-state index in [4.69, 9.17) is 0 Å². The molecule has 190 valence electrons. The summed E-state index contributed by atoms with van der Waals surface area (Å²) in [6.45, 7) is 3.64. The maximum absolute atomic E-state index is 13.2. The SMILES string of the molecule is CCNc1c(N2CCc3cc(NC(=O)c4sccc4NCc4ccnc5ccccc45)ccc32)c(=O)c1=O. The van der Waals surface area contributed by atoms with E-state index in [1.165, 1.54) is 11.3 Å². The highest BCUT2D eigenvalue weighted by Gasteiger charge is 2.31. The molecule has 0 fully saturated rings. The van der Waals surface area contributed by atoms with Gasteiger partial charge in [-0.05, 0) is 66.2 Å². The van der Waals surface area contributed by atoms with Gasteiger partial charge in [0, 0.05) is 42.6 Å². The molecule has 1 aliphatic rings. The molecule has 8 nitrogen and oxygen atoms in total. The number of hydrogen-bond acceptors (Lipinski definition) is 8. The second-order valence-electron chi connectivity index (χ2n) is 9.12. The first-order valence-corrected chi connectivity index (χ1v) is 13.4. The number of carbonyl (C=O) groups is 1. The Hall–Kier alpha value is -4.50. The van der Waals surface area contributed by atoms with Crippen molar-refractivity contribution in [2.75, 3.05) is 33.9 Å². The number of para-hydroxylation sites is 1. The first-order valence-electron chi connectivity index (χ1n) is 12.5. The monoisotopic (exact) mass is 523 g/mol. The fourth-order valence-corrected chi connectivity index (χ4v) is 5.77. The number of nitrogens with zero attached hydrogens (tertiary/aromatic N) is 2. The van der Waals surface area contributed by atoms with Crippen molar-refractivity contribution in [2.45, 2.75) is 19.9 Å². The summed E-state index contributed by atoms with van der Waals surface area (Å²) in [6, 6.07) is 17.6. The van der Waals surface area contributed by atoms with Crippen LogP contribution in [0.1, 0.15) is 27.7 Å². The molecule has 9 heteroatoms. The molecule has 2 aromatic heterocycles. The molecule has 5 aromatic rings. The first-order chi connectivity index (χ1) is 18.5. The van der Waals surface area contributed by atoms with Crippen LogP contribution in [-0.4, -0.2) is 24.0 Å². The topological polar surface area (TPSA) is 103 Å². The van der Waals surface area contributed by atoms with Gasteiger partial charge in [-0.2, -0.15) is 0 Å². The van der Waals surface area contributed by atoms with Crippen LogP contribution in [-0.2, 0) is 13.0 Å². The van der Waals surface area contributed by atoms with Crippen molar-refractivity contribution < 1.29 is 4.79 Å². The van der Waals surface area contributed by atoms with Gasteiger partial charge in [0.2, 0.25) is 0 Å². The Morgan fingerprint density at radius 3 is 2.79 bits per heavy atom. The third kappa shape index (κ3) is 4.10. The summed E-state index contributed by atoms with van der Waals surface area (Å²) in [5.74, 6) is -0.186. The number of benzene rings is 2. The van der Waals surface area contributed by atoms with Crippen LogP contribution in [0.5, 0.6) is 0 Å². The Bertz CT molecular complexity index is 1750. The molecule has 3 aromatic carbocycles. The molecule has 6 rings (SSSR count). The second-order valence-corrected chi connectivity index (χ2v) is 10.0. The lowest BCUT2D eigenvalue weighted by molar-refractivity contribution is 0.103. The lowest BCUT2D eigenvalue weighted by atomic mass is 10.1. The molecule has 0 aliphatic carbocycles. The number of rotatable bonds is 8. The minimum atomic E-state index is -0.461. The highest BCUT2D eigenvalue weighted by Crippen LogP contribution is 2.37. The number of aromatic nitrogens is 1. The van der Waals surface area contributed by atoms with Gasteiger partial charge in [-0.3, -0.25) is 19.4 Å². The zero-order valence-corrected chi connectivity index (χ0v) is 21.5. The Labute approximate surface area is 222 Å². The molecule has 3 N–H and O–H groups in total. The maximum atomic E-state index is 13.2. The molecule has 1 aliphatic heterocycles. The number of nitrogens with one attached hydrogen (secondary N) is 3. The van der Waals surface area contributed by atoms with E-state index >= 15 is 0 Å². The molecule has 38 heavy (non-hydrogen) atoms. The van der Waals surface area contributed by atoms with E-state index < -0.39 is 10.9 Å². The van der Waals surface area contributed by atoms with E-state index in [0.29, 0.717) is 41.6 Å². The second kappa shape index (κ2) is 9.75. The minimum absolute atomic E-state index is 0.186. The number of amides is 1. The molecule has 0 radical (unpaired) electrons. The number of anilines is 5. The number of pyridine rings is 1. The lowest BCUT2D eigenvalue weighted by Gasteiger charge is -2.23. The zero-order valence-electron chi connectivity index (χ0n) is 20.7. The molecular weight excluding hydrogens is 498 g/mol. The molecule has 0 saturated heterocycles. The third-order valence-electron chi connectivity index (χ3n) is 6.82. The fraction of sp³-hybridized carbons (Fsp3) is 0.172. The van der Waals surface area contributed by atoms with Gasteiger partial charge in [0.05, 0.1) is 11.2 Å². The van der Waals surface area contributed by atoms with E-state index in [1.54, 1.807) is 6.20 Å². The van der Waals surface area contributed by atoms with Crippen LogP contribution in [0.25, 0.3) is 10.9 Å². The molecule has 0 saturated carbocycles. The van der Waals surface area contributed by atoms with E-state index in [-0.39, 0.29) is 5.91 Å². The summed E-state index contributed by atoms with van der Waals surface area (Å²) in [6.07, 6.45) is 2.51. The maximum Gasteiger partial charge on any atom is 0.267 e. The largest absolute Gasteiger partial charge is 0.380 e. The van der Waals surface area contributed by atoms with Crippen molar-refractivity contribution in [1.29, 1.82) is 0 Å². The average molecular weight is 524 g/mol. The summed E-state index contributed by atoms with van der Waals surface area (Å²) in [7, 11) is 0. The molecule has 0 atom stereocenters. The number of hydrogen-bond donors (Lipinski definition) is 3. The van der Waals surface area contributed by atoms with Crippen LogP contribution in [0.3, 0.4) is 0 Å². The van der Waals surface area contributed by atoms with Crippen LogP contribution in [0.15, 0.2) is 75.8 Å². The standard InChI is InChI=1S/C29H25N5O3S/c1-2-30-24-25(27(36)26(24)35)34-13-10-17-15-19(7-8-23(17)34)33-29(37)28-22(11-14-38-28)32-16-18-9-12-31-21-6-4-3-5-20(18)21/h3-9,11-12,14-15,30,32H,2,10,13,16H2,1H3,(H,33,37). The van der Waals surface area contributed by atoms with Crippen molar-refractivity contribution in [3.8, 4) is 0 Å². The Balaban J connectivity index is 1.17. The van der Waals surface area contributed by atoms with Crippen LogP contribution in [0, 0.1) is 0 Å². The lowest BCUT2D eigenvalue weighted by Crippen LogP contribution is -2.40. The number of carbonyl (C=O) groups excluding carboxylic acids is 1. The molecule has 0 spiro atoms. The Kier molecular flexibility index (Phi) is 6.13. The molecular formula is C29H25N5O3S. The number of thiophene rings is 1. The van der Waals surface area contributed by atoms with Crippen molar-refractivity contribution >= 4 is 56.6 Å². The van der Waals surface area contributed by atoms with Gasteiger partial charge < -0.3 is 20.9 Å². The predicted molar refractivity (Wildman–Crippen MR) is 154 cm³/mol. The van der Waals surface area contributed by atoms with Gasteiger partial charge in [0.15, 0.2) is 0 Å². The first kappa shape index (κ1) is 23.9. The predicted octanol–water partition coefficient (Wildman–Crippen LogP) is 4.88. The highest BCUT2D eigenvalue weighted by atomic mass is 32.1. The van der Waals surface area contributed by atoms with E-state index in [9.17, 15) is 14.4 Å². The third-order valence-corrected chi connectivity index (χ3v) is 7.73. The summed E-state index contributed by atoms with van der Waals surface area (Å²) < 4.78 is 0. The molecule has 3 heterocycles. The van der Waals surface area contributed by atoms with Crippen molar-refractivity contribution in [3.63, 3.8) is 0 Å². The summed E-state index contributed by atoms with van der Waals surface area (Å²) in [4.78, 5) is 44.3. The average Bonchev–Trinajstić information content (AvgIpc) is 3.58. The van der Waals surface area contributed by atoms with E-state index in [2.05, 4.69) is 20.9 Å². The minimum Gasteiger partial charge on any atom is -0.380 e. The summed E-state index contributed by atoms with van der Waals surface area (Å²) >= 11 is 1.38. The van der Waals surface area contributed by atoms with Crippen molar-refractivity contribution in [2.24, 2.45) is 0 Å². The van der Waals surface area contributed by atoms with E-state index in [1.807, 2.05) is 71.8 Å². The van der Waals surface area contributed by atoms with Gasteiger partial charge in [0.1, 0.15) is 16.3 Å².